The highest BCUT2D eigenvalue weighted by Crippen LogP contribution is 2.19. The Bertz CT molecular complexity index is 1020. The monoisotopic (exact) mass is 388 g/mol. The van der Waals surface area contributed by atoms with E-state index in [9.17, 15) is 8.42 Å². The van der Waals surface area contributed by atoms with Gasteiger partial charge in [0.25, 0.3) is 10.0 Å². The maximum atomic E-state index is 12.5. The standard InChI is InChI=1S/C16H20N8O2S/c1-12-9-13(2)24(21-12)15-4-3-14(19-20-15)22-5-7-23(8-6-22)27(25,26)16-10-17-11-18-16/h3-4,9-11H,5-8H2,1-2H3,(H,17,18). The third-order valence-corrected chi connectivity index (χ3v) is 6.34. The molecule has 11 heteroatoms. The van der Waals surface area contributed by atoms with Gasteiger partial charge in [-0.3, -0.25) is 0 Å². The minimum atomic E-state index is -3.53. The Labute approximate surface area is 156 Å². The van der Waals surface area contributed by atoms with Gasteiger partial charge in [0, 0.05) is 31.9 Å². The molecule has 1 saturated heterocycles. The zero-order valence-electron chi connectivity index (χ0n) is 15.1. The molecule has 1 N–H and O–H groups in total. The number of aromatic amines is 1. The molecule has 1 fully saturated rings. The lowest BCUT2D eigenvalue weighted by atomic mass is 10.3. The van der Waals surface area contributed by atoms with Crippen LogP contribution in [0.1, 0.15) is 11.4 Å². The molecule has 0 aliphatic carbocycles. The number of aromatic nitrogens is 6. The first-order valence-corrected chi connectivity index (χ1v) is 10.00. The molecule has 4 heterocycles. The first-order valence-electron chi connectivity index (χ1n) is 8.56. The highest BCUT2D eigenvalue weighted by Gasteiger charge is 2.30. The van der Waals surface area contributed by atoms with E-state index in [2.05, 4.69) is 25.3 Å². The second-order valence-electron chi connectivity index (χ2n) is 6.40. The highest BCUT2D eigenvalue weighted by molar-refractivity contribution is 7.89. The number of hydrogen-bond acceptors (Lipinski definition) is 7. The first kappa shape index (κ1) is 17.6. The molecule has 27 heavy (non-hydrogen) atoms. The van der Waals surface area contributed by atoms with E-state index in [0.717, 1.165) is 17.2 Å². The van der Waals surface area contributed by atoms with Crippen molar-refractivity contribution in [3.63, 3.8) is 0 Å². The van der Waals surface area contributed by atoms with Crippen LogP contribution in [0.2, 0.25) is 0 Å². The summed E-state index contributed by atoms with van der Waals surface area (Å²) in [7, 11) is -3.53. The van der Waals surface area contributed by atoms with Crippen LogP contribution in [-0.4, -0.2) is 68.8 Å². The predicted molar refractivity (Wildman–Crippen MR) is 98.2 cm³/mol. The molecule has 3 aromatic heterocycles. The number of piperazine rings is 1. The number of nitrogens with zero attached hydrogens (tertiary/aromatic N) is 7. The van der Waals surface area contributed by atoms with Crippen molar-refractivity contribution in [3.05, 3.63) is 42.1 Å². The van der Waals surface area contributed by atoms with Gasteiger partial charge in [0.05, 0.1) is 18.2 Å². The van der Waals surface area contributed by atoms with Crippen LogP contribution in [0.3, 0.4) is 0 Å². The zero-order chi connectivity index (χ0) is 19.0. The van der Waals surface area contributed by atoms with Crippen molar-refractivity contribution in [2.75, 3.05) is 31.1 Å². The lowest BCUT2D eigenvalue weighted by Crippen LogP contribution is -2.49. The Morgan fingerprint density at radius 1 is 1.04 bits per heavy atom. The number of hydrogen-bond donors (Lipinski definition) is 1. The average Bonchev–Trinajstić information content (AvgIpc) is 3.32. The molecular weight excluding hydrogens is 368 g/mol. The fourth-order valence-corrected chi connectivity index (χ4v) is 4.46. The quantitative estimate of drug-likeness (QED) is 0.693. The van der Waals surface area contributed by atoms with Crippen molar-refractivity contribution in [1.82, 2.24) is 34.3 Å². The van der Waals surface area contributed by atoms with E-state index in [-0.39, 0.29) is 5.03 Å². The van der Waals surface area contributed by atoms with Crippen LogP contribution >= 0.6 is 0 Å². The summed E-state index contributed by atoms with van der Waals surface area (Å²) in [5.41, 5.74) is 1.92. The summed E-state index contributed by atoms with van der Waals surface area (Å²) in [6, 6.07) is 5.74. The first-order chi connectivity index (χ1) is 12.9. The van der Waals surface area contributed by atoms with Crippen molar-refractivity contribution in [3.8, 4) is 5.82 Å². The third kappa shape index (κ3) is 3.30. The van der Waals surface area contributed by atoms with Crippen LogP contribution in [-0.2, 0) is 10.0 Å². The number of sulfonamides is 1. The summed E-state index contributed by atoms with van der Waals surface area (Å²) in [4.78, 5) is 8.47. The normalized spacial score (nSPS) is 16.0. The van der Waals surface area contributed by atoms with Crippen LogP contribution in [0.15, 0.2) is 35.7 Å². The van der Waals surface area contributed by atoms with Crippen molar-refractivity contribution in [2.45, 2.75) is 18.9 Å². The van der Waals surface area contributed by atoms with Crippen molar-refractivity contribution in [1.29, 1.82) is 0 Å². The van der Waals surface area contributed by atoms with Crippen LogP contribution in [0.25, 0.3) is 5.82 Å². The van der Waals surface area contributed by atoms with Gasteiger partial charge in [-0.05, 0) is 32.0 Å². The lowest BCUT2D eigenvalue weighted by molar-refractivity contribution is 0.382. The van der Waals surface area contributed by atoms with Gasteiger partial charge in [-0.2, -0.15) is 9.40 Å². The van der Waals surface area contributed by atoms with Crippen LogP contribution in [0, 0.1) is 13.8 Å². The summed E-state index contributed by atoms with van der Waals surface area (Å²) in [5, 5.41) is 13.1. The Morgan fingerprint density at radius 3 is 2.30 bits per heavy atom. The molecule has 0 atom stereocenters. The number of rotatable bonds is 4. The van der Waals surface area contributed by atoms with Gasteiger partial charge < -0.3 is 9.88 Å². The Balaban J connectivity index is 1.45. The molecule has 0 saturated carbocycles. The molecule has 0 radical (unpaired) electrons. The lowest BCUT2D eigenvalue weighted by Gasteiger charge is -2.34. The number of imidazole rings is 1. The zero-order valence-corrected chi connectivity index (χ0v) is 15.9. The van der Waals surface area contributed by atoms with Gasteiger partial charge in [0.2, 0.25) is 0 Å². The SMILES string of the molecule is Cc1cc(C)n(-c2ccc(N3CCN(S(=O)(=O)c4cnc[nH]4)CC3)nn2)n1. The van der Waals surface area contributed by atoms with Crippen molar-refractivity contribution >= 4 is 15.8 Å². The van der Waals surface area contributed by atoms with E-state index in [4.69, 9.17) is 0 Å². The minimum Gasteiger partial charge on any atom is -0.352 e. The largest absolute Gasteiger partial charge is 0.352 e. The Morgan fingerprint density at radius 2 is 1.74 bits per heavy atom. The molecule has 0 amide bonds. The number of anilines is 1. The summed E-state index contributed by atoms with van der Waals surface area (Å²) >= 11 is 0. The van der Waals surface area contributed by atoms with Gasteiger partial charge >= 0.3 is 0 Å². The van der Waals surface area contributed by atoms with E-state index in [1.807, 2.05) is 36.9 Å². The molecular formula is C16H20N8O2S. The van der Waals surface area contributed by atoms with Gasteiger partial charge in [-0.15, -0.1) is 10.2 Å². The number of H-pyrrole nitrogens is 1. The molecule has 0 spiro atoms. The number of aryl methyl sites for hydroxylation is 2. The second kappa shape index (κ2) is 6.74. The Kier molecular flexibility index (Phi) is 4.40. The smallest absolute Gasteiger partial charge is 0.260 e. The topological polar surface area (TPSA) is 113 Å². The molecule has 0 aromatic carbocycles. The van der Waals surface area contributed by atoms with Gasteiger partial charge in [-0.1, -0.05) is 0 Å². The van der Waals surface area contributed by atoms with Crippen LogP contribution in [0.5, 0.6) is 0 Å². The van der Waals surface area contributed by atoms with Gasteiger partial charge in [0.1, 0.15) is 0 Å². The maximum absolute atomic E-state index is 12.5. The van der Waals surface area contributed by atoms with Gasteiger partial charge in [0.15, 0.2) is 16.7 Å². The number of nitrogens with one attached hydrogen (secondary N) is 1. The third-order valence-electron chi connectivity index (χ3n) is 4.52. The average molecular weight is 388 g/mol. The Hall–Kier alpha value is -2.79. The molecule has 10 nitrogen and oxygen atoms in total. The van der Waals surface area contributed by atoms with E-state index < -0.39 is 10.0 Å². The summed E-state index contributed by atoms with van der Waals surface area (Å²) in [6.07, 6.45) is 2.69. The van der Waals surface area contributed by atoms with E-state index in [0.29, 0.717) is 32.0 Å². The molecule has 3 aromatic rings. The van der Waals surface area contributed by atoms with E-state index >= 15 is 0 Å². The summed E-state index contributed by atoms with van der Waals surface area (Å²) in [6.45, 7) is 5.74. The van der Waals surface area contributed by atoms with Crippen LogP contribution < -0.4 is 4.90 Å². The highest BCUT2D eigenvalue weighted by atomic mass is 32.2. The van der Waals surface area contributed by atoms with Crippen LogP contribution in [0.4, 0.5) is 5.82 Å². The molecule has 4 rings (SSSR count). The fraction of sp³-hybridized carbons (Fsp3) is 0.375. The van der Waals surface area contributed by atoms with E-state index in [1.54, 1.807) is 4.68 Å². The summed E-state index contributed by atoms with van der Waals surface area (Å²) in [5.74, 6) is 1.38. The van der Waals surface area contributed by atoms with Crippen molar-refractivity contribution in [2.24, 2.45) is 0 Å². The summed E-state index contributed by atoms with van der Waals surface area (Å²) < 4.78 is 28.3. The predicted octanol–water partition coefficient (Wildman–Crippen LogP) is 0.513. The fourth-order valence-electron chi connectivity index (χ4n) is 3.14. The molecule has 142 valence electrons. The molecule has 0 bridgehead atoms. The maximum Gasteiger partial charge on any atom is 0.260 e. The van der Waals surface area contributed by atoms with E-state index in [1.165, 1.54) is 16.8 Å². The van der Waals surface area contributed by atoms with Gasteiger partial charge in [-0.25, -0.2) is 18.1 Å². The molecule has 0 unspecified atom stereocenters. The minimum absolute atomic E-state index is 0.116. The molecule has 1 aliphatic heterocycles. The van der Waals surface area contributed by atoms with Crippen molar-refractivity contribution < 1.29 is 8.42 Å². The molecule has 1 aliphatic rings. The second-order valence-corrected chi connectivity index (χ2v) is 8.30.